The average Bonchev–Trinajstić information content (AvgIpc) is 1.58. The first-order valence-corrected chi connectivity index (χ1v) is 3.77. The second-order valence-corrected chi connectivity index (χ2v) is 3.30. The second kappa shape index (κ2) is 4.45. The van der Waals surface area contributed by atoms with Gasteiger partial charge in [0.1, 0.15) is 5.78 Å². The molecule has 0 heterocycles. The predicted octanol–water partition coefficient (Wildman–Crippen LogP) is 1.34. The Kier molecular flexibility index (Phi) is 4.28. The molecule has 1 atom stereocenters. The number of carbonyl (C=O) groups excluding carboxylic acids is 1. The highest BCUT2D eigenvalue weighted by molar-refractivity contribution is 5.76. The zero-order valence-electron chi connectivity index (χ0n) is 7.05. The average molecular weight is 143 g/mol. The molecule has 0 spiro atoms. The summed E-state index contributed by atoms with van der Waals surface area (Å²) in [5.74, 6) is 0.780. The summed E-state index contributed by atoms with van der Waals surface area (Å²) >= 11 is 0. The van der Waals surface area contributed by atoms with Gasteiger partial charge in [-0.25, -0.2) is 0 Å². The molecule has 0 saturated heterocycles. The van der Waals surface area contributed by atoms with E-state index in [0.29, 0.717) is 12.3 Å². The van der Waals surface area contributed by atoms with Gasteiger partial charge in [0.2, 0.25) is 0 Å². The van der Waals surface area contributed by atoms with Gasteiger partial charge in [0.25, 0.3) is 0 Å². The Morgan fingerprint density at radius 1 is 1.50 bits per heavy atom. The van der Waals surface area contributed by atoms with Crippen molar-refractivity contribution in [3.8, 4) is 0 Å². The maximum atomic E-state index is 10.6. The van der Waals surface area contributed by atoms with Gasteiger partial charge >= 0.3 is 0 Å². The zero-order chi connectivity index (χ0) is 8.15. The number of hydrogen-bond acceptors (Lipinski definition) is 2. The minimum Gasteiger partial charge on any atom is -0.327 e. The van der Waals surface area contributed by atoms with E-state index in [1.165, 1.54) is 0 Å². The molecule has 2 heteroatoms. The van der Waals surface area contributed by atoms with E-state index in [9.17, 15) is 4.79 Å². The fourth-order valence-corrected chi connectivity index (χ4v) is 1.06. The molecule has 0 saturated carbocycles. The molecule has 0 bridgehead atoms. The Morgan fingerprint density at radius 2 is 2.00 bits per heavy atom. The quantitative estimate of drug-likeness (QED) is 0.645. The first-order chi connectivity index (χ1) is 4.52. The Bertz CT molecular complexity index is 110. The Labute approximate surface area is 62.8 Å². The first-order valence-electron chi connectivity index (χ1n) is 3.77. The van der Waals surface area contributed by atoms with Crippen molar-refractivity contribution in [3.05, 3.63) is 0 Å². The van der Waals surface area contributed by atoms with Crippen LogP contribution in [0.1, 0.15) is 33.6 Å². The maximum absolute atomic E-state index is 10.6. The maximum Gasteiger partial charge on any atom is 0.131 e. The predicted molar refractivity (Wildman–Crippen MR) is 42.7 cm³/mol. The summed E-state index contributed by atoms with van der Waals surface area (Å²) in [4.78, 5) is 10.6. The number of nitrogens with two attached hydrogens (primary N) is 1. The van der Waals surface area contributed by atoms with Crippen LogP contribution in [-0.4, -0.2) is 11.8 Å². The smallest absolute Gasteiger partial charge is 0.131 e. The molecule has 0 radical (unpaired) electrons. The molecule has 0 fully saturated rings. The van der Waals surface area contributed by atoms with Crippen LogP contribution in [0.25, 0.3) is 0 Å². The van der Waals surface area contributed by atoms with E-state index in [-0.39, 0.29) is 11.8 Å². The van der Waals surface area contributed by atoms with Gasteiger partial charge in [-0.3, -0.25) is 4.79 Å². The molecule has 0 aliphatic rings. The fraction of sp³-hybridized carbons (Fsp3) is 0.875. The van der Waals surface area contributed by atoms with Crippen LogP contribution >= 0.6 is 0 Å². The van der Waals surface area contributed by atoms with E-state index in [2.05, 4.69) is 13.8 Å². The summed E-state index contributed by atoms with van der Waals surface area (Å²) in [5.41, 5.74) is 5.65. The number of Topliss-reactive ketones (excluding diaryl/α,β-unsaturated/α-hetero) is 1. The summed E-state index contributed by atoms with van der Waals surface area (Å²) in [6, 6.07) is 0.0671. The topological polar surface area (TPSA) is 43.1 Å². The highest BCUT2D eigenvalue weighted by Crippen LogP contribution is 2.05. The van der Waals surface area contributed by atoms with Crippen LogP contribution in [0.5, 0.6) is 0 Å². The van der Waals surface area contributed by atoms with Crippen molar-refractivity contribution in [1.29, 1.82) is 0 Å². The lowest BCUT2D eigenvalue weighted by Crippen LogP contribution is -2.24. The van der Waals surface area contributed by atoms with Crippen LogP contribution < -0.4 is 5.73 Å². The van der Waals surface area contributed by atoms with Crippen molar-refractivity contribution < 1.29 is 4.79 Å². The molecule has 10 heavy (non-hydrogen) atoms. The summed E-state index contributed by atoms with van der Waals surface area (Å²) in [7, 11) is 0. The second-order valence-electron chi connectivity index (χ2n) is 3.30. The van der Waals surface area contributed by atoms with Gasteiger partial charge in [-0.05, 0) is 19.3 Å². The largest absolute Gasteiger partial charge is 0.327 e. The third-order valence-electron chi connectivity index (χ3n) is 1.32. The molecule has 0 aromatic heterocycles. The molecule has 60 valence electrons. The van der Waals surface area contributed by atoms with Gasteiger partial charge in [-0.15, -0.1) is 0 Å². The molecule has 2 N–H and O–H groups in total. The lowest BCUT2D eigenvalue weighted by Gasteiger charge is -2.11. The molecule has 0 rings (SSSR count). The van der Waals surface area contributed by atoms with Gasteiger partial charge < -0.3 is 5.73 Å². The molecule has 2 nitrogen and oxygen atoms in total. The van der Waals surface area contributed by atoms with Crippen LogP contribution in [0.2, 0.25) is 0 Å². The lowest BCUT2D eigenvalue weighted by molar-refractivity contribution is -0.117. The Balaban J connectivity index is 3.43. The summed E-state index contributed by atoms with van der Waals surface area (Å²) < 4.78 is 0. The summed E-state index contributed by atoms with van der Waals surface area (Å²) in [5, 5.41) is 0. The highest BCUT2D eigenvalue weighted by Gasteiger charge is 2.06. The molecular weight excluding hydrogens is 126 g/mol. The van der Waals surface area contributed by atoms with Crippen molar-refractivity contribution in [2.75, 3.05) is 0 Å². The van der Waals surface area contributed by atoms with E-state index in [1.54, 1.807) is 6.92 Å². The van der Waals surface area contributed by atoms with Gasteiger partial charge in [-0.2, -0.15) is 0 Å². The Hall–Kier alpha value is -0.370. The third-order valence-corrected chi connectivity index (χ3v) is 1.32. The Morgan fingerprint density at radius 3 is 2.30 bits per heavy atom. The third kappa shape index (κ3) is 5.76. The van der Waals surface area contributed by atoms with Crippen LogP contribution in [0.4, 0.5) is 0 Å². The SMILES string of the molecule is CC(=O)C[C@@H](N)CC(C)C. The molecular formula is C8H17NO. The molecule has 0 aromatic carbocycles. The van der Waals surface area contributed by atoms with E-state index in [0.717, 1.165) is 6.42 Å². The number of rotatable bonds is 4. The molecule has 0 aliphatic heterocycles. The van der Waals surface area contributed by atoms with Gasteiger partial charge in [-0.1, -0.05) is 13.8 Å². The number of carbonyl (C=O) groups is 1. The van der Waals surface area contributed by atoms with Crippen molar-refractivity contribution in [2.24, 2.45) is 11.7 Å². The summed E-state index contributed by atoms with van der Waals surface area (Å²) in [6.45, 7) is 5.81. The lowest BCUT2D eigenvalue weighted by atomic mass is 10.0. The van der Waals surface area contributed by atoms with Crippen LogP contribution in [0.15, 0.2) is 0 Å². The van der Waals surface area contributed by atoms with Gasteiger partial charge in [0, 0.05) is 12.5 Å². The van der Waals surface area contributed by atoms with Crippen LogP contribution in [0, 0.1) is 5.92 Å². The van der Waals surface area contributed by atoms with Crippen molar-refractivity contribution in [1.82, 2.24) is 0 Å². The van der Waals surface area contributed by atoms with Crippen LogP contribution in [-0.2, 0) is 4.79 Å². The van der Waals surface area contributed by atoms with E-state index < -0.39 is 0 Å². The molecule has 0 amide bonds. The minimum absolute atomic E-state index is 0.0671. The number of ketones is 1. The van der Waals surface area contributed by atoms with Gasteiger partial charge in [0.15, 0.2) is 0 Å². The van der Waals surface area contributed by atoms with Crippen molar-refractivity contribution in [2.45, 2.75) is 39.7 Å². The normalized spacial score (nSPS) is 13.7. The van der Waals surface area contributed by atoms with E-state index >= 15 is 0 Å². The molecule has 0 aromatic rings. The molecule has 0 aliphatic carbocycles. The number of hydrogen-bond donors (Lipinski definition) is 1. The van der Waals surface area contributed by atoms with E-state index in [4.69, 9.17) is 5.73 Å². The van der Waals surface area contributed by atoms with Crippen LogP contribution in [0.3, 0.4) is 0 Å². The van der Waals surface area contributed by atoms with E-state index in [1.807, 2.05) is 0 Å². The zero-order valence-corrected chi connectivity index (χ0v) is 7.05. The highest BCUT2D eigenvalue weighted by atomic mass is 16.1. The standard InChI is InChI=1S/C8H17NO/c1-6(2)4-8(9)5-7(3)10/h6,8H,4-5,9H2,1-3H3/t8-/m0/s1. The van der Waals surface area contributed by atoms with Gasteiger partial charge in [0.05, 0.1) is 0 Å². The monoisotopic (exact) mass is 143 g/mol. The van der Waals surface area contributed by atoms with Crippen molar-refractivity contribution >= 4 is 5.78 Å². The minimum atomic E-state index is 0.0671. The summed E-state index contributed by atoms with van der Waals surface area (Å²) in [6.07, 6.45) is 1.47. The van der Waals surface area contributed by atoms with Crippen molar-refractivity contribution in [3.63, 3.8) is 0 Å². The first kappa shape index (κ1) is 9.63. The fourth-order valence-electron chi connectivity index (χ4n) is 1.06. The molecule has 0 unspecified atom stereocenters.